The number of anilines is 1. The molecule has 3 rings (SSSR count). The lowest BCUT2D eigenvalue weighted by molar-refractivity contribution is 0.0991. The average Bonchev–Trinajstić information content (AvgIpc) is 3.12. The Morgan fingerprint density at radius 1 is 1.00 bits per heavy atom. The molecule has 2 aromatic carbocycles. The van der Waals surface area contributed by atoms with Gasteiger partial charge in [-0.3, -0.25) is 4.79 Å². The smallest absolute Gasteiger partial charge is 0.291 e. The Bertz CT molecular complexity index is 1030. The molecule has 0 aliphatic carbocycles. The van der Waals surface area contributed by atoms with Crippen molar-refractivity contribution in [3.05, 3.63) is 82.0 Å². The van der Waals surface area contributed by atoms with Gasteiger partial charge in [-0.2, -0.15) is 0 Å². The number of hydrogen-bond donors (Lipinski definition) is 1. The molecule has 146 valence electrons. The molecule has 4 nitrogen and oxygen atoms in total. The van der Waals surface area contributed by atoms with Gasteiger partial charge in [0.05, 0.1) is 5.02 Å². The topological polar surface area (TPSA) is 51.5 Å². The van der Waals surface area contributed by atoms with Crippen LogP contribution in [0.3, 0.4) is 0 Å². The maximum Gasteiger partial charge on any atom is 0.291 e. The summed E-state index contributed by atoms with van der Waals surface area (Å²) < 4.78 is 77.1. The van der Waals surface area contributed by atoms with Crippen LogP contribution >= 0.6 is 11.6 Å². The van der Waals surface area contributed by atoms with Crippen molar-refractivity contribution in [3.63, 3.8) is 0 Å². The fourth-order valence-corrected chi connectivity index (χ4v) is 2.40. The van der Waals surface area contributed by atoms with Crippen molar-refractivity contribution in [2.75, 3.05) is 5.32 Å². The minimum atomic E-state index is -1.76. The summed E-state index contributed by atoms with van der Waals surface area (Å²) in [6.07, 6.45) is 0. The van der Waals surface area contributed by atoms with E-state index in [0.29, 0.717) is 0 Å². The Balaban J connectivity index is 1.71. The summed E-state index contributed by atoms with van der Waals surface area (Å²) in [6, 6.07) is 5.96. The van der Waals surface area contributed by atoms with Crippen molar-refractivity contribution in [1.29, 1.82) is 0 Å². The van der Waals surface area contributed by atoms with E-state index in [1.807, 2.05) is 0 Å². The highest BCUT2D eigenvalue weighted by molar-refractivity contribution is 6.32. The summed E-state index contributed by atoms with van der Waals surface area (Å²) in [5, 5.41) is 1.73. The zero-order chi connectivity index (χ0) is 20.4. The first kappa shape index (κ1) is 19.7. The van der Waals surface area contributed by atoms with Crippen molar-refractivity contribution < 1.29 is 35.9 Å². The van der Waals surface area contributed by atoms with Crippen LogP contribution in [-0.4, -0.2) is 5.91 Å². The highest BCUT2D eigenvalue weighted by atomic mass is 35.5. The highest BCUT2D eigenvalue weighted by Gasteiger charge is 2.22. The molecule has 0 atom stereocenters. The molecule has 0 spiro atoms. The lowest BCUT2D eigenvalue weighted by atomic mass is 10.2. The molecule has 0 aliphatic rings. The molecule has 1 aromatic heterocycles. The number of benzene rings is 2. The minimum absolute atomic E-state index is 0.0171. The first-order valence-corrected chi connectivity index (χ1v) is 7.95. The molecule has 0 unspecified atom stereocenters. The van der Waals surface area contributed by atoms with Gasteiger partial charge in [-0.15, -0.1) is 0 Å². The summed E-state index contributed by atoms with van der Waals surface area (Å²) in [4.78, 5) is 12.0. The van der Waals surface area contributed by atoms with Crippen molar-refractivity contribution >= 4 is 23.2 Å². The minimum Gasteiger partial charge on any atom is -0.484 e. The third-order valence-electron chi connectivity index (χ3n) is 3.50. The summed E-state index contributed by atoms with van der Waals surface area (Å²) >= 11 is 5.80. The first-order valence-electron chi connectivity index (χ1n) is 7.57. The first-order chi connectivity index (χ1) is 13.3. The van der Waals surface area contributed by atoms with Gasteiger partial charge in [0.15, 0.2) is 29.0 Å². The molecule has 10 heteroatoms. The second-order valence-electron chi connectivity index (χ2n) is 5.43. The predicted octanol–water partition coefficient (Wildman–Crippen LogP) is 5.46. The summed E-state index contributed by atoms with van der Waals surface area (Å²) in [6.45, 7) is -0.198. The van der Waals surface area contributed by atoms with Gasteiger partial charge in [0.1, 0.15) is 29.6 Å². The second kappa shape index (κ2) is 7.89. The van der Waals surface area contributed by atoms with Crippen LogP contribution in [-0.2, 0) is 6.61 Å². The molecule has 0 aliphatic heterocycles. The molecular weight excluding hydrogens is 409 g/mol. The van der Waals surface area contributed by atoms with Crippen LogP contribution in [0.15, 0.2) is 40.8 Å². The average molecular weight is 418 g/mol. The zero-order valence-electron chi connectivity index (χ0n) is 13.7. The Labute approximate surface area is 159 Å². The maximum atomic E-state index is 13.6. The molecule has 3 aromatic rings. The Morgan fingerprint density at radius 2 is 1.68 bits per heavy atom. The van der Waals surface area contributed by atoms with E-state index < -0.39 is 46.4 Å². The van der Waals surface area contributed by atoms with Gasteiger partial charge in [0.2, 0.25) is 0 Å². The summed E-state index contributed by atoms with van der Waals surface area (Å²) in [5.41, 5.74) is -1.28. The van der Waals surface area contributed by atoms with Crippen molar-refractivity contribution in [2.45, 2.75) is 6.61 Å². The number of hydrogen-bond acceptors (Lipinski definition) is 3. The molecule has 1 N–H and O–H groups in total. The molecule has 1 heterocycles. The molecule has 0 saturated heterocycles. The van der Waals surface area contributed by atoms with Gasteiger partial charge in [-0.05, 0) is 30.3 Å². The van der Waals surface area contributed by atoms with Gasteiger partial charge in [-0.1, -0.05) is 11.6 Å². The number of carbonyl (C=O) groups excluding carboxylic acids is 1. The summed E-state index contributed by atoms with van der Waals surface area (Å²) in [5.74, 6) is -8.66. The van der Waals surface area contributed by atoms with E-state index in [1.165, 1.54) is 12.1 Å². The van der Waals surface area contributed by atoms with E-state index in [1.54, 1.807) is 5.32 Å². The molecule has 28 heavy (non-hydrogen) atoms. The number of furan rings is 1. The van der Waals surface area contributed by atoms with Crippen LogP contribution in [0.1, 0.15) is 16.3 Å². The standard InChI is InChI=1S/C18H9ClF5NO3/c19-10-5-8(20)1-3-13(10)27-7-9-2-4-14(28-9)18(26)25-17-15(23)11(21)6-12(22)16(17)24/h1-6H,7H2,(H,25,26). The number of carbonyl (C=O) groups is 1. The lowest BCUT2D eigenvalue weighted by Gasteiger charge is -2.08. The SMILES string of the molecule is O=C(Nc1c(F)c(F)cc(F)c1F)c1ccc(COc2ccc(F)cc2Cl)o1. The maximum absolute atomic E-state index is 13.6. The quantitative estimate of drug-likeness (QED) is 0.443. The normalized spacial score (nSPS) is 10.8. The van der Waals surface area contributed by atoms with Crippen molar-refractivity contribution in [1.82, 2.24) is 0 Å². The van der Waals surface area contributed by atoms with Crippen LogP contribution < -0.4 is 10.1 Å². The van der Waals surface area contributed by atoms with Crippen LogP contribution in [0, 0.1) is 29.1 Å². The third-order valence-corrected chi connectivity index (χ3v) is 3.79. The van der Waals surface area contributed by atoms with Crippen LogP contribution in [0.2, 0.25) is 5.02 Å². The number of nitrogens with one attached hydrogen (secondary N) is 1. The van der Waals surface area contributed by atoms with Crippen LogP contribution in [0.5, 0.6) is 5.75 Å². The number of amides is 1. The molecule has 0 radical (unpaired) electrons. The molecular formula is C18H9ClF5NO3. The Morgan fingerprint density at radius 3 is 2.32 bits per heavy atom. The van der Waals surface area contributed by atoms with Crippen LogP contribution in [0.25, 0.3) is 0 Å². The number of halogens is 6. The third kappa shape index (κ3) is 4.09. The largest absolute Gasteiger partial charge is 0.484 e. The van der Waals surface area contributed by atoms with E-state index in [-0.39, 0.29) is 29.2 Å². The number of rotatable bonds is 5. The van der Waals surface area contributed by atoms with Crippen molar-refractivity contribution in [2.24, 2.45) is 0 Å². The van der Waals surface area contributed by atoms with E-state index in [0.717, 1.165) is 18.2 Å². The van der Waals surface area contributed by atoms with Gasteiger partial charge < -0.3 is 14.5 Å². The van der Waals surface area contributed by atoms with Gasteiger partial charge in [0, 0.05) is 6.07 Å². The van der Waals surface area contributed by atoms with E-state index in [9.17, 15) is 26.7 Å². The molecule has 0 bridgehead atoms. The monoisotopic (exact) mass is 417 g/mol. The molecule has 0 fully saturated rings. The molecule has 0 saturated carbocycles. The fraction of sp³-hybridized carbons (Fsp3) is 0.0556. The fourth-order valence-electron chi connectivity index (χ4n) is 2.18. The van der Waals surface area contributed by atoms with E-state index >= 15 is 0 Å². The predicted molar refractivity (Wildman–Crippen MR) is 88.7 cm³/mol. The number of ether oxygens (including phenoxy) is 1. The van der Waals surface area contributed by atoms with Crippen molar-refractivity contribution in [3.8, 4) is 5.75 Å². The van der Waals surface area contributed by atoms with Crippen LogP contribution in [0.4, 0.5) is 27.6 Å². The van der Waals surface area contributed by atoms with E-state index in [4.69, 9.17) is 20.8 Å². The van der Waals surface area contributed by atoms with Gasteiger partial charge in [0.25, 0.3) is 5.91 Å². The summed E-state index contributed by atoms with van der Waals surface area (Å²) in [7, 11) is 0. The Kier molecular flexibility index (Phi) is 5.55. The second-order valence-corrected chi connectivity index (χ2v) is 5.83. The van der Waals surface area contributed by atoms with E-state index in [2.05, 4.69) is 0 Å². The zero-order valence-corrected chi connectivity index (χ0v) is 14.4. The van der Waals surface area contributed by atoms with Gasteiger partial charge in [-0.25, -0.2) is 22.0 Å². The highest BCUT2D eigenvalue weighted by Crippen LogP contribution is 2.27. The lowest BCUT2D eigenvalue weighted by Crippen LogP contribution is -2.15. The molecule has 1 amide bonds. The Hall–Kier alpha value is -3.07. The van der Waals surface area contributed by atoms with Gasteiger partial charge >= 0.3 is 0 Å².